The molecule has 5 nitrogen and oxygen atoms in total. The Kier molecular flexibility index (Phi) is 5.93. The maximum atomic E-state index is 10.3. The van der Waals surface area contributed by atoms with E-state index in [9.17, 15) is 4.79 Å². The van der Waals surface area contributed by atoms with E-state index in [0.29, 0.717) is 6.04 Å². The highest BCUT2D eigenvalue weighted by Gasteiger charge is 2.22. The van der Waals surface area contributed by atoms with Gasteiger partial charge in [0.25, 0.3) is 0 Å². The number of aromatic hydroxyl groups is 1. The van der Waals surface area contributed by atoms with E-state index in [2.05, 4.69) is 36.8 Å². The molecule has 1 aliphatic rings. The van der Waals surface area contributed by atoms with Crippen LogP contribution in [-0.4, -0.2) is 39.7 Å². The van der Waals surface area contributed by atoms with Gasteiger partial charge < -0.3 is 10.2 Å². The third-order valence-corrected chi connectivity index (χ3v) is 4.40. The molecule has 2 heterocycles. The van der Waals surface area contributed by atoms with Crippen molar-refractivity contribution in [1.29, 1.82) is 0 Å². The van der Waals surface area contributed by atoms with Crippen LogP contribution in [0, 0.1) is 13.8 Å². The summed E-state index contributed by atoms with van der Waals surface area (Å²) < 4.78 is 0. The van der Waals surface area contributed by atoms with Gasteiger partial charge in [-0.15, -0.1) is 0 Å². The minimum Gasteiger partial charge on any atom is -0.507 e. The summed E-state index contributed by atoms with van der Waals surface area (Å²) in [6.07, 6.45) is 4.63. The number of carbonyl (C=O) groups is 1. The normalized spacial score (nSPS) is 17.2. The number of aryl methyl sites for hydroxylation is 2. The predicted octanol–water partition coefficient (Wildman–Crippen LogP) is 3.56. The smallest absolute Gasteiger partial charge is 0.339 e. The van der Waals surface area contributed by atoms with Crippen LogP contribution in [0.5, 0.6) is 5.75 Å². The Balaban J connectivity index is 0.000000185. The molecule has 1 aliphatic heterocycles. The Bertz CT molecular complexity index is 716. The molecule has 1 aromatic carbocycles. The van der Waals surface area contributed by atoms with Crippen LogP contribution in [0.1, 0.15) is 46.1 Å². The zero-order chi connectivity index (χ0) is 17.7. The lowest BCUT2D eigenvalue weighted by Crippen LogP contribution is -2.17. The van der Waals surface area contributed by atoms with Crippen LogP contribution in [0.4, 0.5) is 0 Å². The molecule has 1 saturated heterocycles. The number of pyridine rings is 1. The van der Waals surface area contributed by atoms with Gasteiger partial charge in [-0.3, -0.25) is 9.88 Å². The zero-order valence-electron chi connectivity index (χ0n) is 14.4. The van der Waals surface area contributed by atoms with Gasteiger partial charge >= 0.3 is 5.97 Å². The molecular weight excluding hydrogens is 304 g/mol. The first-order chi connectivity index (χ1) is 11.4. The van der Waals surface area contributed by atoms with Crippen molar-refractivity contribution in [3.8, 4) is 5.75 Å². The number of hydrogen-bond donors (Lipinski definition) is 2. The molecule has 0 spiro atoms. The Morgan fingerprint density at radius 2 is 2.00 bits per heavy atom. The summed E-state index contributed by atoms with van der Waals surface area (Å²) in [7, 11) is 2.20. The summed E-state index contributed by atoms with van der Waals surface area (Å²) in [4.78, 5) is 17.1. The molecule has 0 radical (unpaired) electrons. The summed E-state index contributed by atoms with van der Waals surface area (Å²) in [5.41, 5.74) is 3.77. The van der Waals surface area contributed by atoms with Gasteiger partial charge in [0.05, 0.1) is 0 Å². The van der Waals surface area contributed by atoms with Crippen molar-refractivity contribution in [3.05, 3.63) is 58.9 Å². The lowest BCUT2D eigenvalue weighted by atomic mass is 10.0. The lowest BCUT2D eigenvalue weighted by molar-refractivity contribution is 0.0693. The summed E-state index contributed by atoms with van der Waals surface area (Å²) in [5, 5.41) is 17.3. The molecule has 128 valence electrons. The van der Waals surface area contributed by atoms with E-state index in [0.717, 1.165) is 5.69 Å². The van der Waals surface area contributed by atoms with E-state index in [1.807, 2.05) is 6.20 Å². The van der Waals surface area contributed by atoms with Crippen LogP contribution in [0.3, 0.4) is 0 Å². The Hall–Kier alpha value is -2.40. The maximum absolute atomic E-state index is 10.3. The maximum Gasteiger partial charge on any atom is 0.339 e. The van der Waals surface area contributed by atoms with Crippen LogP contribution in [0.15, 0.2) is 36.5 Å². The number of rotatable bonds is 2. The van der Waals surface area contributed by atoms with Crippen molar-refractivity contribution in [2.75, 3.05) is 13.6 Å². The molecule has 24 heavy (non-hydrogen) atoms. The predicted molar refractivity (Wildman–Crippen MR) is 93.4 cm³/mol. The molecule has 2 aromatic rings. The number of carboxylic acids is 1. The van der Waals surface area contributed by atoms with E-state index in [4.69, 9.17) is 10.2 Å². The SMILES string of the molecule is Cc1cc([C@@H]2CCCN2C)cnc1C.O=C(O)c1ccccc1O. The van der Waals surface area contributed by atoms with Gasteiger partial charge in [0.15, 0.2) is 0 Å². The number of phenols is 1. The van der Waals surface area contributed by atoms with Gasteiger partial charge in [0.1, 0.15) is 11.3 Å². The fourth-order valence-electron chi connectivity index (χ4n) is 2.83. The summed E-state index contributed by atoms with van der Waals surface area (Å²) in [6.45, 7) is 5.43. The largest absolute Gasteiger partial charge is 0.507 e. The molecule has 1 fully saturated rings. The van der Waals surface area contributed by atoms with Crippen molar-refractivity contribution < 1.29 is 15.0 Å². The van der Waals surface area contributed by atoms with E-state index < -0.39 is 5.97 Å². The number of benzene rings is 1. The first-order valence-electron chi connectivity index (χ1n) is 8.05. The highest BCUT2D eigenvalue weighted by Crippen LogP contribution is 2.30. The first-order valence-corrected chi connectivity index (χ1v) is 8.05. The zero-order valence-corrected chi connectivity index (χ0v) is 14.4. The van der Waals surface area contributed by atoms with Crippen molar-refractivity contribution in [2.24, 2.45) is 0 Å². The second-order valence-corrected chi connectivity index (χ2v) is 6.13. The van der Waals surface area contributed by atoms with Crippen molar-refractivity contribution in [2.45, 2.75) is 32.7 Å². The van der Waals surface area contributed by atoms with Crippen LogP contribution >= 0.6 is 0 Å². The monoisotopic (exact) mass is 328 g/mol. The minimum atomic E-state index is -1.11. The van der Waals surface area contributed by atoms with E-state index in [1.165, 1.54) is 42.6 Å². The quantitative estimate of drug-likeness (QED) is 0.882. The molecule has 0 bridgehead atoms. The number of aromatic carboxylic acids is 1. The van der Waals surface area contributed by atoms with Gasteiger partial charge in [-0.1, -0.05) is 18.2 Å². The van der Waals surface area contributed by atoms with Crippen LogP contribution in [0.25, 0.3) is 0 Å². The van der Waals surface area contributed by atoms with E-state index in [-0.39, 0.29) is 11.3 Å². The molecular formula is C19H24N2O3. The topological polar surface area (TPSA) is 73.7 Å². The second kappa shape index (κ2) is 7.93. The van der Waals surface area contributed by atoms with Crippen molar-refractivity contribution in [1.82, 2.24) is 9.88 Å². The van der Waals surface area contributed by atoms with Crippen LogP contribution in [0.2, 0.25) is 0 Å². The summed E-state index contributed by atoms with van der Waals surface area (Å²) >= 11 is 0. The number of aromatic nitrogens is 1. The standard InChI is InChI=1S/C12H18N2.C7H6O3/c1-9-7-11(8-13-10(9)2)12-5-4-6-14(12)3;8-6-4-2-1-3-5(6)7(9)10/h7-8,12H,4-6H2,1-3H3;1-4,8H,(H,9,10)/t12-;/m0./s1. The Morgan fingerprint density at radius 1 is 1.29 bits per heavy atom. The van der Waals surface area contributed by atoms with Crippen LogP contribution < -0.4 is 0 Å². The number of likely N-dealkylation sites (tertiary alicyclic amines) is 1. The fraction of sp³-hybridized carbons (Fsp3) is 0.368. The van der Waals surface area contributed by atoms with Gasteiger partial charge in [0.2, 0.25) is 0 Å². The minimum absolute atomic E-state index is 0.0671. The fourth-order valence-corrected chi connectivity index (χ4v) is 2.83. The van der Waals surface area contributed by atoms with Gasteiger partial charge in [-0.25, -0.2) is 4.79 Å². The highest BCUT2D eigenvalue weighted by molar-refractivity contribution is 5.90. The Morgan fingerprint density at radius 3 is 2.50 bits per heavy atom. The lowest BCUT2D eigenvalue weighted by Gasteiger charge is -2.20. The molecule has 1 atom stereocenters. The molecule has 5 heteroatoms. The summed E-state index contributed by atoms with van der Waals surface area (Å²) in [6, 6.07) is 8.70. The molecule has 1 aromatic heterocycles. The van der Waals surface area contributed by atoms with E-state index in [1.54, 1.807) is 12.1 Å². The number of hydrogen-bond acceptors (Lipinski definition) is 4. The van der Waals surface area contributed by atoms with Crippen LogP contribution in [-0.2, 0) is 0 Å². The second-order valence-electron chi connectivity index (χ2n) is 6.13. The van der Waals surface area contributed by atoms with E-state index >= 15 is 0 Å². The summed E-state index contributed by atoms with van der Waals surface area (Å²) in [5.74, 6) is -1.31. The third-order valence-electron chi connectivity index (χ3n) is 4.40. The molecule has 2 N–H and O–H groups in total. The molecule has 0 saturated carbocycles. The molecule has 0 aliphatic carbocycles. The average Bonchev–Trinajstić information content (AvgIpc) is 2.97. The van der Waals surface area contributed by atoms with Crippen molar-refractivity contribution in [3.63, 3.8) is 0 Å². The van der Waals surface area contributed by atoms with Gasteiger partial charge in [-0.05, 0) is 63.5 Å². The number of para-hydroxylation sites is 1. The molecule has 0 amide bonds. The third kappa shape index (κ3) is 4.32. The molecule has 0 unspecified atom stereocenters. The van der Waals surface area contributed by atoms with Gasteiger partial charge in [0, 0.05) is 17.9 Å². The Labute approximate surface area is 142 Å². The van der Waals surface area contributed by atoms with Crippen molar-refractivity contribution >= 4 is 5.97 Å². The highest BCUT2D eigenvalue weighted by atomic mass is 16.4. The van der Waals surface area contributed by atoms with Gasteiger partial charge in [-0.2, -0.15) is 0 Å². The number of nitrogens with zero attached hydrogens (tertiary/aromatic N) is 2. The number of carboxylic acid groups (broad SMARTS) is 1. The average molecular weight is 328 g/mol. The molecule has 3 rings (SSSR count). The first kappa shape index (κ1) is 17.9.